The fourth-order valence-electron chi connectivity index (χ4n) is 2.32. The van der Waals surface area contributed by atoms with E-state index in [1.165, 1.54) is 4.90 Å². The molecule has 24 heavy (non-hydrogen) atoms. The molecule has 1 aromatic rings. The van der Waals surface area contributed by atoms with Gasteiger partial charge in [0, 0.05) is 25.0 Å². The molecule has 0 aromatic heterocycles. The molecule has 134 valence electrons. The molecule has 1 atom stereocenters. The number of hydrogen-bond acceptors (Lipinski definition) is 4. The Morgan fingerprint density at radius 1 is 1.38 bits per heavy atom. The summed E-state index contributed by atoms with van der Waals surface area (Å²) in [5.74, 6) is 0.604. The second-order valence-corrected chi connectivity index (χ2v) is 7.11. The summed E-state index contributed by atoms with van der Waals surface area (Å²) in [6, 6.07) is 5.34. The molecule has 1 rings (SSSR count). The Hall–Kier alpha value is -1.75. The van der Waals surface area contributed by atoms with Crippen molar-refractivity contribution in [2.75, 3.05) is 20.7 Å². The SMILES string of the molecule is COc1ccc(Cl)cc1[C@@H](CC=O)CCN(C)C(=O)OC(C)(C)C. The maximum absolute atomic E-state index is 12.0. The maximum atomic E-state index is 12.0. The molecule has 0 radical (unpaired) electrons. The molecule has 0 aliphatic carbocycles. The second-order valence-electron chi connectivity index (χ2n) is 6.68. The third kappa shape index (κ3) is 6.40. The Morgan fingerprint density at radius 2 is 2.04 bits per heavy atom. The van der Waals surface area contributed by atoms with Gasteiger partial charge in [-0.2, -0.15) is 0 Å². The number of methoxy groups -OCH3 is 1. The average molecular weight is 356 g/mol. The summed E-state index contributed by atoms with van der Waals surface area (Å²) >= 11 is 6.08. The van der Waals surface area contributed by atoms with E-state index in [4.69, 9.17) is 21.1 Å². The monoisotopic (exact) mass is 355 g/mol. The van der Waals surface area contributed by atoms with Crippen LogP contribution >= 0.6 is 11.6 Å². The van der Waals surface area contributed by atoms with Gasteiger partial charge in [0.05, 0.1) is 7.11 Å². The number of hydrogen-bond donors (Lipinski definition) is 0. The minimum atomic E-state index is -0.538. The highest BCUT2D eigenvalue weighted by atomic mass is 35.5. The molecule has 0 aliphatic rings. The van der Waals surface area contributed by atoms with Gasteiger partial charge < -0.3 is 19.2 Å². The number of amides is 1. The van der Waals surface area contributed by atoms with Gasteiger partial charge >= 0.3 is 6.09 Å². The van der Waals surface area contributed by atoms with Crippen LogP contribution in [-0.2, 0) is 9.53 Å². The largest absolute Gasteiger partial charge is 0.496 e. The van der Waals surface area contributed by atoms with E-state index in [0.29, 0.717) is 30.2 Å². The quantitative estimate of drug-likeness (QED) is 0.685. The topological polar surface area (TPSA) is 55.8 Å². The molecule has 5 nitrogen and oxygen atoms in total. The Kier molecular flexibility index (Phi) is 7.55. The number of aldehydes is 1. The van der Waals surface area contributed by atoms with Crippen molar-refractivity contribution in [2.24, 2.45) is 0 Å². The van der Waals surface area contributed by atoms with Crippen molar-refractivity contribution in [1.29, 1.82) is 0 Å². The highest BCUT2D eigenvalue weighted by Crippen LogP contribution is 2.33. The van der Waals surface area contributed by atoms with E-state index in [9.17, 15) is 9.59 Å². The van der Waals surface area contributed by atoms with E-state index in [0.717, 1.165) is 11.8 Å². The number of rotatable bonds is 7. The molecule has 1 amide bonds. The van der Waals surface area contributed by atoms with Crippen LogP contribution in [0, 0.1) is 0 Å². The number of carbonyl (C=O) groups excluding carboxylic acids is 2. The van der Waals surface area contributed by atoms with Crippen molar-refractivity contribution >= 4 is 24.0 Å². The molecular weight excluding hydrogens is 330 g/mol. The molecule has 0 fully saturated rings. The summed E-state index contributed by atoms with van der Waals surface area (Å²) in [6.07, 6.45) is 1.42. The Bertz CT molecular complexity index is 569. The standard InChI is InChI=1S/C18H26ClNO4/c1-18(2,3)24-17(22)20(4)10-8-13(9-11-21)15-12-14(19)6-7-16(15)23-5/h6-7,11-13H,8-10H2,1-5H3/t13-/m1/s1. The molecule has 0 unspecified atom stereocenters. The van der Waals surface area contributed by atoms with Crippen molar-refractivity contribution in [3.63, 3.8) is 0 Å². The summed E-state index contributed by atoms with van der Waals surface area (Å²) in [5, 5.41) is 0.585. The van der Waals surface area contributed by atoms with Crippen LogP contribution in [0.25, 0.3) is 0 Å². The predicted octanol–water partition coefficient (Wildman–Crippen LogP) is 4.28. The summed E-state index contributed by atoms with van der Waals surface area (Å²) in [4.78, 5) is 24.6. The van der Waals surface area contributed by atoms with Crippen LogP contribution in [0.15, 0.2) is 18.2 Å². The number of nitrogens with zero attached hydrogens (tertiary/aromatic N) is 1. The van der Waals surface area contributed by atoms with Gasteiger partial charge in [-0.1, -0.05) is 11.6 Å². The number of ether oxygens (including phenoxy) is 2. The van der Waals surface area contributed by atoms with Gasteiger partial charge in [0.2, 0.25) is 0 Å². The van der Waals surface area contributed by atoms with Gasteiger partial charge in [0.25, 0.3) is 0 Å². The van der Waals surface area contributed by atoms with Crippen molar-refractivity contribution in [3.05, 3.63) is 28.8 Å². The highest BCUT2D eigenvalue weighted by molar-refractivity contribution is 6.30. The van der Waals surface area contributed by atoms with E-state index < -0.39 is 5.60 Å². The van der Waals surface area contributed by atoms with Gasteiger partial charge in [-0.05, 0) is 56.9 Å². The average Bonchev–Trinajstić information content (AvgIpc) is 2.49. The van der Waals surface area contributed by atoms with Crippen molar-refractivity contribution in [2.45, 2.75) is 45.1 Å². The minimum Gasteiger partial charge on any atom is -0.496 e. The van der Waals surface area contributed by atoms with E-state index in [-0.39, 0.29) is 12.0 Å². The van der Waals surface area contributed by atoms with E-state index in [1.54, 1.807) is 26.3 Å². The van der Waals surface area contributed by atoms with Crippen molar-refractivity contribution in [1.82, 2.24) is 4.90 Å². The fourth-order valence-corrected chi connectivity index (χ4v) is 2.50. The van der Waals surface area contributed by atoms with Crippen LogP contribution in [0.2, 0.25) is 5.02 Å². The van der Waals surface area contributed by atoms with Crippen LogP contribution in [0.3, 0.4) is 0 Å². The molecule has 0 heterocycles. The zero-order valence-electron chi connectivity index (χ0n) is 15.0. The highest BCUT2D eigenvalue weighted by Gasteiger charge is 2.22. The molecule has 0 aliphatic heterocycles. The molecule has 0 saturated heterocycles. The summed E-state index contributed by atoms with van der Waals surface area (Å²) in [6.45, 7) is 5.93. The van der Waals surface area contributed by atoms with Crippen molar-refractivity contribution in [3.8, 4) is 5.75 Å². The maximum Gasteiger partial charge on any atom is 0.410 e. The van der Waals surface area contributed by atoms with Gasteiger partial charge in [-0.25, -0.2) is 4.79 Å². The van der Waals surface area contributed by atoms with Crippen LogP contribution in [0.1, 0.15) is 45.1 Å². The van der Waals surface area contributed by atoms with Crippen LogP contribution in [-0.4, -0.2) is 43.6 Å². The Balaban J connectivity index is 2.82. The Labute approximate surface area is 148 Å². The lowest BCUT2D eigenvalue weighted by atomic mass is 9.92. The summed E-state index contributed by atoms with van der Waals surface area (Å²) in [7, 11) is 3.26. The molecule has 1 aromatic carbocycles. The number of benzene rings is 1. The Morgan fingerprint density at radius 3 is 2.58 bits per heavy atom. The zero-order valence-corrected chi connectivity index (χ0v) is 15.7. The minimum absolute atomic E-state index is 0.0824. The lowest BCUT2D eigenvalue weighted by Gasteiger charge is -2.26. The summed E-state index contributed by atoms with van der Waals surface area (Å²) < 4.78 is 10.7. The van der Waals surface area contributed by atoms with Gasteiger partial charge in [0.15, 0.2) is 0 Å². The van der Waals surface area contributed by atoms with Gasteiger partial charge in [-0.15, -0.1) is 0 Å². The van der Waals surface area contributed by atoms with Crippen LogP contribution in [0.4, 0.5) is 4.79 Å². The first-order valence-electron chi connectivity index (χ1n) is 7.89. The predicted molar refractivity (Wildman–Crippen MR) is 94.9 cm³/mol. The smallest absolute Gasteiger partial charge is 0.410 e. The zero-order chi connectivity index (χ0) is 18.3. The fraction of sp³-hybridized carbons (Fsp3) is 0.556. The molecular formula is C18H26ClNO4. The first-order chi connectivity index (χ1) is 11.2. The summed E-state index contributed by atoms with van der Waals surface area (Å²) in [5.41, 5.74) is 0.332. The normalized spacial score (nSPS) is 12.4. The first kappa shape index (κ1) is 20.3. The van der Waals surface area contributed by atoms with Gasteiger partial charge in [-0.3, -0.25) is 0 Å². The molecule has 0 N–H and O–H groups in total. The van der Waals surface area contributed by atoms with E-state index in [1.807, 2.05) is 26.8 Å². The van der Waals surface area contributed by atoms with Crippen LogP contribution < -0.4 is 4.74 Å². The lowest BCUT2D eigenvalue weighted by Crippen LogP contribution is -2.35. The second kappa shape index (κ2) is 8.92. The lowest BCUT2D eigenvalue weighted by molar-refractivity contribution is -0.108. The number of carbonyl (C=O) groups is 2. The van der Waals surface area contributed by atoms with Crippen molar-refractivity contribution < 1.29 is 19.1 Å². The first-order valence-corrected chi connectivity index (χ1v) is 8.27. The van der Waals surface area contributed by atoms with Crippen LogP contribution in [0.5, 0.6) is 5.75 Å². The van der Waals surface area contributed by atoms with E-state index >= 15 is 0 Å². The molecule has 0 bridgehead atoms. The van der Waals surface area contributed by atoms with E-state index in [2.05, 4.69) is 0 Å². The molecule has 0 saturated carbocycles. The molecule has 0 spiro atoms. The third-order valence-electron chi connectivity index (χ3n) is 3.53. The number of halogens is 1. The molecule has 6 heteroatoms. The van der Waals surface area contributed by atoms with Gasteiger partial charge in [0.1, 0.15) is 17.6 Å². The third-order valence-corrected chi connectivity index (χ3v) is 3.77.